The molecule has 88 valence electrons. The lowest BCUT2D eigenvalue weighted by molar-refractivity contribution is -0.158. The first-order valence-corrected chi connectivity index (χ1v) is 5.54. The number of carboxylic acid groups (broad SMARTS) is 1. The van der Waals surface area contributed by atoms with Crippen molar-refractivity contribution in [2.24, 2.45) is 0 Å². The Labute approximate surface area is 104 Å². The van der Waals surface area contributed by atoms with E-state index in [0.29, 0.717) is 15.6 Å². The number of aliphatic hydroxyl groups is 1. The Morgan fingerprint density at radius 2 is 2.00 bits per heavy atom. The number of rotatable bonds is 4. The van der Waals surface area contributed by atoms with Gasteiger partial charge in [-0.1, -0.05) is 36.2 Å². The molecule has 0 aliphatic carbocycles. The van der Waals surface area contributed by atoms with Crippen molar-refractivity contribution < 1.29 is 15.0 Å². The van der Waals surface area contributed by atoms with Crippen molar-refractivity contribution in [2.75, 3.05) is 0 Å². The fourth-order valence-electron chi connectivity index (χ4n) is 1.34. The molecule has 0 heterocycles. The maximum Gasteiger partial charge on any atom is 0.336 e. The van der Waals surface area contributed by atoms with Gasteiger partial charge < -0.3 is 10.2 Å². The average Bonchev–Trinajstić information content (AvgIpc) is 2.23. The average molecular weight is 263 g/mol. The van der Waals surface area contributed by atoms with Crippen LogP contribution in [0.5, 0.6) is 0 Å². The van der Waals surface area contributed by atoms with Crippen LogP contribution in [-0.2, 0) is 11.2 Å². The van der Waals surface area contributed by atoms with E-state index in [1.165, 1.54) is 0 Å². The Morgan fingerprint density at radius 1 is 1.38 bits per heavy atom. The Hall–Kier alpha value is -0.770. The van der Waals surface area contributed by atoms with Crippen LogP contribution in [0.1, 0.15) is 18.9 Å². The predicted molar refractivity (Wildman–Crippen MR) is 63.0 cm³/mol. The van der Waals surface area contributed by atoms with Crippen LogP contribution in [0.25, 0.3) is 0 Å². The normalized spacial score (nSPS) is 14.5. The quantitative estimate of drug-likeness (QED) is 0.878. The largest absolute Gasteiger partial charge is 0.479 e. The van der Waals surface area contributed by atoms with Crippen LogP contribution in [-0.4, -0.2) is 21.8 Å². The fraction of sp³-hybridized carbons (Fsp3) is 0.364. The summed E-state index contributed by atoms with van der Waals surface area (Å²) in [4.78, 5) is 10.9. The summed E-state index contributed by atoms with van der Waals surface area (Å²) in [5.74, 6) is -1.24. The van der Waals surface area contributed by atoms with Crippen molar-refractivity contribution in [3.05, 3.63) is 33.8 Å². The molecule has 1 aromatic carbocycles. The van der Waals surface area contributed by atoms with E-state index >= 15 is 0 Å². The molecule has 0 aromatic heterocycles. The smallest absolute Gasteiger partial charge is 0.336 e. The standard InChI is InChI=1S/C11H12Cl2O3/c1-2-11(16,10(14)15)6-7-3-4-8(12)9(13)5-7/h3-5,16H,2,6H2,1H3,(H,14,15). The third-order valence-electron chi connectivity index (χ3n) is 2.46. The van der Waals surface area contributed by atoms with Gasteiger partial charge in [-0.2, -0.15) is 0 Å². The molecular weight excluding hydrogens is 251 g/mol. The van der Waals surface area contributed by atoms with Crippen LogP contribution in [0.3, 0.4) is 0 Å². The van der Waals surface area contributed by atoms with Gasteiger partial charge in [0, 0.05) is 6.42 Å². The monoisotopic (exact) mass is 262 g/mol. The second-order valence-corrected chi connectivity index (χ2v) is 4.43. The summed E-state index contributed by atoms with van der Waals surface area (Å²) in [6.07, 6.45) is 0.137. The zero-order chi connectivity index (χ0) is 12.3. The summed E-state index contributed by atoms with van der Waals surface area (Å²) in [6.45, 7) is 1.62. The highest BCUT2D eigenvalue weighted by Gasteiger charge is 2.33. The third kappa shape index (κ3) is 2.88. The molecule has 0 amide bonds. The molecule has 5 heteroatoms. The summed E-state index contributed by atoms with van der Waals surface area (Å²) in [5.41, 5.74) is -1.11. The van der Waals surface area contributed by atoms with E-state index in [0.717, 1.165) is 0 Å². The lowest BCUT2D eigenvalue weighted by Gasteiger charge is -2.21. The van der Waals surface area contributed by atoms with Crippen molar-refractivity contribution >= 4 is 29.2 Å². The van der Waals surface area contributed by atoms with E-state index in [2.05, 4.69) is 0 Å². The van der Waals surface area contributed by atoms with Crippen molar-refractivity contribution in [2.45, 2.75) is 25.4 Å². The summed E-state index contributed by atoms with van der Waals surface area (Å²) >= 11 is 11.5. The van der Waals surface area contributed by atoms with Gasteiger partial charge >= 0.3 is 5.97 Å². The van der Waals surface area contributed by atoms with E-state index in [4.69, 9.17) is 28.3 Å². The second kappa shape index (κ2) is 5.04. The number of benzene rings is 1. The van der Waals surface area contributed by atoms with Crippen molar-refractivity contribution in [3.63, 3.8) is 0 Å². The molecule has 2 N–H and O–H groups in total. The van der Waals surface area contributed by atoms with Gasteiger partial charge in [-0.15, -0.1) is 0 Å². The highest BCUT2D eigenvalue weighted by molar-refractivity contribution is 6.42. The lowest BCUT2D eigenvalue weighted by Crippen LogP contribution is -2.40. The molecule has 1 rings (SSSR count). The Bertz CT molecular complexity index is 406. The Balaban J connectivity index is 2.95. The highest BCUT2D eigenvalue weighted by atomic mass is 35.5. The van der Waals surface area contributed by atoms with Gasteiger partial charge in [0.1, 0.15) is 0 Å². The molecule has 0 radical (unpaired) electrons. The molecule has 0 bridgehead atoms. The van der Waals surface area contributed by atoms with Gasteiger partial charge in [0.2, 0.25) is 0 Å². The predicted octanol–water partition coefficient (Wildman–Crippen LogP) is 2.76. The van der Waals surface area contributed by atoms with Crippen molar-refractivity contribution in [3.8, 4) is 0 Å². The lowest BCUT2D eigenvalue weighted by atomic mass is 9.92. The van der Waals surface area contributed by atoms with Gasteiger partial charge in [0.25, 0.3) is 0 Å². The summed E-state index contributed by atoms with van der Waals surface area (Å²) in [6, 6.07) is 4.79. The second-order valence-electron chi connectivity index (χ2n) is 3.62. The summed E-state index contributed by atoms with van der Waals surface area (Å²) < 4.78 is 0. The van der Waals surface area contributed by atoms with Crippen LogP contribution in [0.4, 0.5) is 0 Å². The molecule has 0 fully saturated rings. The molecule has 0 saturated heterocycles. The molecule has 0 saturated carbocycles. The van der Waals surface area contributed by atoms with Gasteiger partial charge in [0.05, 0.1) is 10.0 Å². The topological polar surface area (TPSA) is 57.5 Å². The van der Waals surface area contributed by atoms with Crippen LogP contribution in [0.2, 0.25) is 10.0 Å². The zero-order valence-corrected chi connectivity index (χ0v) is 10.2. The number of carboxylic acids is 1. The maximum absolute atomic E-state index is 10.9. The maximum atomic E-state index is 10.9. The van der Waals surface area contributed by atoms with E-state index in [1.807, 2.05) is 0 Å². The van der Waals surface area contributed by atoms with Gasteiger partial charge in [0.15, 0.2) is 5.60 Å². The number of hydrogen-bond acceptors (Lipinski definition) is 2. The number of halogens is 2. The van der Waals surface area contributed by atoms with Crippen LogP contribution >= 0.6 is 23.2 Å². The van der Waals surface area contributed by atoms with E-state index in [9.17, 15) is 9.90 Å². The van der Waals surface area contributed by atoms with Crippen molar-refractivity contribution in [1.29, 1.82) is 0 Å². The van der Waals surface area contributed by atoms with E-state index in [-0.39, 0.29) is 12.8 Å². The minimum Gasteiger partial charge on any atom is -0.479 e. The highest BCUT2D eigenvalue weighted by Crippen LogP contribution is 2.25. The first kappa shape index (κ1) is 13.3. The van der Waals surface area contributed by atoms with Gasteiger partial charge in [-0.25, -0.2) is 4.79 Å². The molecule has 3 nitrogen and oxygen atoms in total. The van der Waals surface area contributed by atoms with E-state index < -0.39 is 11.6 Å². The van der Waals surface area contributed by atoms with Crippen molar-refractivity contribution in [1.82, 2.24) is 0 Å². The Morgan fingerprint density at radius 3 is 2.44 bits per heavy atom. The number of aliphatic carboxylic acids is 1. The first-order chi connectivity index (χ1) is 7.39. The molecular formula is C11H12Cl2O3. The minimum atomic E-state index is -1.75. The molecule has 0 spiro atoms. The molecule has 1 unspecified atom stereocenters. The fourth-order valence-corrected chi connectivity index (χ4v) is 1.66. The van der Waals surface area contributed by atoms with Gasteiger partial charge in [-0.3, -0.25) is 0 Å². The zero-order valence-electron chi connectivity index (χ0n) is 8.70. The molecule has 0 aliphatic rings. The summed E-state index contributed by atoms with van der Waals surface area (Å²) in [7, 11) is 0. The molecule has 0 aliphatic heterocycles. The third-order valence-corrected chi connectivity index (χ3v) is 3.20. The first-order valence-electron chi connectivity index (χ1n) is 4.79. The van der Waals surface area contributed by atoms with E-state index in [1.54, 1.807) is 25.1 Å². The minimum absolute atomic E-state index is 0.00965. The number of hydrogen-bond donors (Lipinski definition) is 2. The van der Waals surface area contributed by atoms with Crippen LogP contribution < -0.4 is 0 Å². The van der Waals surface area contributed by atoms with Crippen LogP contribution in [0, 0.1) is 0 Å². The Kier molecular flexibility index (Phi) is 4.19. The van der Waals surface area contributed by atoms with Crippen LogP contribution in [0.15, 0.2) is 18.2 Å². The van der Waals surface area contributed by atoms with Gasteiger partial charge in [-0.05, 0) is 24.1 Å². The number of carbonyl (C=O) groups is 1. The SMILES string of the molecule is CCC(O)(Cc1ccc(Cl)c(Cl)c1)C(=O)O. The summed E-state index contributed by atoms with van der Waals surface area (Å²) in [5, 5.41) is 19.5. The molecule has 16 heavy (non-hydrogen) atoms. The molecule has 1 atom stereocenters. The molecule has 1 aromatic rings.